The van der Waals surface area contributed by atoms with Crippen LogP contribution in [0.4, 0.5) is 5.69 Å². The Balaban J connectivity index is 1.88. The maximum atomic E-state index is 12.3. The highest BCUT2D eigenvalue weighted by Crippen LogP contribution is 2.28. The molecule has 4 nitrogen and oxygen atoms in total. The number of halogens is 1. The lowest BCUT2D eigenvalue weighted by Crippen LogP contribution is -2.34. The molecule has 3 rings (SSSR count). The van der Waals surface area contributed by atoms with Gasteiger partial charge in [0.1, 0.15) is 0 Å². The predicted molar refractivity (Wildman–Crippen MR) is 81.6 cm³/mol. The standard InChI is InChI=1S/C16H10BrNO3/c17-11-7-5-10(6-8-11)14(19)9-18-13-4-2-1-3-12(13)15(20)16(18)21/h1-8H,9H2. The van der Waals surface area contributed by atoms with Crippen LogP contribution < -0.4 is 4.90 Å². The van der Waals surface area contributed by atoms with Gasteiger partial charge < -0.3 is 0 Å². The smallest absolute Gasteiger partial charge is 0.297 e. The van der Waals surface area contributed by atoms with E-state index in [0.717, 1.165) is 4.47 Å². The van der Waals surface area contributed by atoms with Crippen LogP contribution in [-0.2, 0) is 4.79 Å². The molecule has 5 heteroatoms. The van der Waals surface area contributed by atoms with E-state index in [2.05, 4.69) is 15.9 Å². The third-order valence-electron chi connectivity index (χ3n) is 3.35. The van der Waals surface area contributed by atoms with Gasteiger partial charge in [0.25, 0.3) is 11.7 Å². The fraction of sp³-hybridized carbons (Fsp3) is 0.0625. The molecule has 1 amide bonds. The monoisotopic (exact) mass is 343 g/mol. The van der Waals surface area contributed by atoms with Crippen molar-refractivity contribution in [3.8, 4) is 0 Å². The molecule has 2 aromatic rings. The number of nitrogens with zero attached hydrogens (tertiary/aromatic N) is 1. The summed E-state index contributed by atoms with van der Waals surface area (Å²) >= 11 is 3.30. The van der Waals surface area contributed by atoms with Gasteiger partial charge in [-0.25, -0.2) is 0 Å². The molecule has 1 aliphatic rings. The van der Waals surface area contributed by atoms with E-state index < -0.39 is 11.7 Å². The summed E-state index contributed by atoms with van der Waals surface area (Å²) in [5.74, 6) is -1.42. The van der Waals surface area contributed by atoms with Crippen LogP contribution in [0, 0.1) is 0 Å². The lowest BCUT2D eigenvalue weighted by molar-refractivity contribution is -0.114. The predicted octanol–water partition coefficient (Wildman–Crippen LogP) is 2.86. The Morgan fingerprint density at radius 1 is 1.00 bits per heavy atom. The summed E-state index contributed by atoms with van der Waals surface area (Å²) < 4.78 is 0.872. The van der Waals surface area contributed by atoms with Gasteiger partial charge >= 0.3 is 0 Å². The van der Waals surface area contributed by atoms with Crippen molar-refractivity contribution in [2.24, 2.45) is 0 Å². The molecule has 0 saturated heterocycles. The van der Waals surface area contributed by atoms with E-state index in [9.17, 15) is 14.4 Å². The van der Waals surface area contributed by atoms with Crippen LogP contribution in [0.15, 0.2) is 53.0 Å². The number of hydrogen-bond acceptors (Lipinski definition) is 3. The minimum Gasteiger partial charge on any atom is -0.297 e. The van der Waals surface area contributed by atoms with Crippen molar-refractivity contribution < 1.29 is 14.4 Å². The minimum atomic E-state index is -0.651. The van der Waals surface area contributed by atoms with Crippen molar-refractivity contribution in [1.82, 2.24) is 0 Å². The number of hydrogen-bond donors (Lipinski definition) is 0. The Labute approximate surface area is 129 Å². The average molecular weight is 344 g/mol. The van der Waals surface area contributed by atoms with Crippen LogP contribution in [0.1, 0.15) is 20.7 Å². The largest absolute Gasteiger partial charge is 0.299 e. The maximum Gasteiger partial charge on any atom is 0.299 e. The second kappa shape index (κ2) is 5.26. The first-order valence-corrected chi connectivity index (χ1v) is 7.11. The molecule has 0 aliphatic carbocycles. The van der Waals surface area contributed by atoms with Gasteiger partial charge in [0.15, 0.2) is 5.78 Å². The molecule has 0 radical (unpaired) electrons. The zero-order valence-electron chi connectivity index (χ0n) is 10.9. The number of ketones is 2. The normalized spacial score (nSPS) is 13.5. The first-order chi connectivity index (χ1) is 10.1. The van der Waals surface area contributed by atoms with Crippen LogP contribution in [0.2, 0.25) is 0 Å². The van der Waals surface area contributed by atoms with Crippen LogP contribution in [0.5, 0.6) is 0 Å². The van der Waals surface area contributed by atoms with E-state index in [1.165, 1.54) is 4.90 Å². The number of rotatable bonds is 3. The quantitative estimate of drug-likeness (QED) is 0.636. The van der Waals surface area contributed by atoms with Crippen LogP contribution in [0.25, 0.3) is 0 Å². The van der Waals surface area contributed by atoms with E-state index in [4.69, 9.17) is 0 Å². The summed E-state index contributed by atoms with van der Waals surface area (Å²) in [4.78, 5) is 37.4. The number of anilines is 1. The molecular formula is C16H10BrNO3. The highest BCUT2D eigenvalue weighted by molar-refractivity contribution is 9.10. The third kappa shape index (κ3) is 2.40. The van der Waals surface area contributed by atoms with Crippen molar-refractivity contribution in [3.05, 3.63) is 64.1 Å². The molecule has 1 aliphatic heterocycles. The second-order valence-electron chi connectivity index (χ2n) is 4.67. The van der Waals surface area contributed by atoms with Gasteiger partial charge in [-0.3, -0.25) is 19.3 Å². The summed E-state index contributed by atoms with van der Waals surface area (Å²) in [7, 11) is 0. The van der Waals surface area contributed by atoms with Gasteiger partial charge in [0.2, 0.25) is 0 Å². The molecule has 104 valence electrons. The molecule has 0 spiro atoms. The zero-order chi connectivity index (χ0) is 15.0. The Morgan fingerprint density at radius 2 is 1.67 bits per heavy atom. The van der Waals surface area contributed by atoms with Gasteiger partial charge in [-0.05, 0) is 24.3 Å². The van der Waals surface area contributed by atoms with Crippen molar-refractivity contribution in [3.63, 3.8) is 0 Å². The van der Waals surface area contributed by atoms with Crippen molar-refractivity contribution in [2.45, 2.75) is 0 Å². The van der Waals surface area contributed by atoms with Crippen LogP contribution in [-0.4, -0.2) is 24.0 Å². The molecule has 0 aromatic heterocycles. The number of para-hydroxylation sites is 1. The number of carbonyl (C=O) groups is 3. The topological polar surface area (TPSA) is 54.5 Å². The van der Waals surface area contributed by atoms with Gasteiger partial charge in [0.05, 0.1) is 17.8 Å². The Bertz CT molecular complexity index is 752. The van der Waals surface area contributed by atoms with E-state index in [1.807, 2.05) is 0 Å². The fourth-order valence-electron chi connectivity index (χ4n) is 2.28. The molecule has 21 heavy (non-hydrogen) atoms. The minimum absolute atomic E-state index is 0.136. The van der Waals surface area contributed by atoms with Gasteiger partial charge in [-0.15, -0.1) is 0 Å². The second-order valence-corrected chi connectivity index (χ2v) is 5.58. The SMILES string of the molecule is O=C(CN1C(=O)C(=O)c2ccccc21)c1ccc(Br)cc1. The average Bonchev–Trinajstić information content (AvgIpc) is 2.73. The Hall–Kier alpha value is -2.27. The summed E-state index contributed by atoms with van der Waals surface area (Å²) in [6.07, 6.45) is 0. The molecule has 1 heterocycles. The highest BCUT2D eigenvalue weighted by Gasteiger charge is 2.36. The van der Waals surface area contributed by atoms with Gasteiger partial charge in [-0.1, -0.05) is 40.2 Å². The van der Waals surface area contributed by atoms with Gasteiger partial charge in [-0.2, -0.15) is 0 Å². The van der Waals surface area contributed by atoms with E-state index in [0.29, 0.717) is 16.8 Å². The maximum absolute atomic E-state index is 12.3. The first-order valence-electron chi connectivity index (χ1n) is 6.32. The molecule has 0 fully saturated rings. The zero-order valence-corrected chi connectivity index (χ0v) is 12.5. The lowest BCUT2D eigenvalue weighted by atomic mass is 10.1. The van der Waals surface area contributed by atoms with Crippen LogP contribution >= 0.6 is 15.9 Å². The summed E-state index contributed by atoms with van der Waals surface area (Å²) in [6.45, 7) is -0.136. The number of carbonyl (C=O) groups excluding carboxylic acids is 3. The summed E-state index contributed by atoms with van der Waals surface area (Å²) in [6, 6.07) is 13.6. The lowest BCUT2D eigenvalue weighted by Gasteiger charge is -2.15. The molecule has 0 saturated carbocycles. The van der Waals surface area contributed by atoms with Crippen molar-refractivity contribution >= 4 is 39.1 Å². The summed E-state index contributed by atoms with van der Waals surface area (Å²) in [5, 5.41) is 0. The highest BCUT2D eigenvalue weighted by atomic mass is 79.9. The molecule has 0 unspecified atom stereocenters. The number of amides is 1. The molecule has 2 aromatic carbocycles. The van der Waals surface area contributed by atoms with Crippen molar-refractivity contribution in [1.29, 1.82) is 0 Å². The molecule has 0 atom stereocenters. The van der Waals surface area contributed by atoms with E-state index >= 15 is 0 Å². The molecule has 0 bridgehead atoms. The molecular weight excluding hydrogens is 334 g/mol. The van der Waals surface area contributed by atoms with Crippen molar-refractivity contribution in [2.75, 3.05) is 11.4 Å². The Morgan fingerprint density at radius 3 is 2.38 bits per heavy atom. The number of benzene rings is 2. The van der Waals surface area contributed by atoms with E-state index in [-0.39, 0.29) is 12.3 Å². The fourth-order valence-corrected chi connectivity index (χ4v) is 2.54. The molecule has 0 N–H and O–H groups in total. The summed E-state index contributed by atoms with van der Waals surface area (Å²) in [5.41, 5.74) is 1.35. The van der Waals surface area contributed by atoms with E-state index in [1.54, 1.807) is 48.5 Å². The first kappa shape index (κ1) is 13.7. The number of fused-ring (bicyclic) bond motifs is 1. The Kier molecular flexibility index (Phi) is 3.43. The third-order valence-corrected chi connectivity index (χ3v) is 3.88. The van der Waals surface area contributed by atoms with Gasteiger partial charge in [0, 0.05) is 10.0 Å². The number of Topliss-reactive ketones (excluding diaryl/α,β-unsaturated/α-hetero) is 2. The van der Waals surface area contributed by atoms with Crippen LogP contribution in [0.3, 0.4) is 0 Å².